The van der Waals surface area contributed by atoms with Gasteiger partial charge in [0.05, 0.1) is 0 Å². The van der Waals surface area contributed by atoms with E-state index in [-0.39, 0.29) is 0 Å². The summed E-state index contributed by atoms with van der Waals surface area (Å²) >= 11 is 1.64. The molecule has 1 unspecified atom stereocenters. The summed E-state index contributed by atoms with van der Waals surface area (Å²) in [6.45, 7) is 10.2. The van der Waals surface area contributed by atoms with Crippen molar-refractivity contribution in [1.29, 1.82) is 0 Å². The highest BCUT2D eigenvalue weighted by Crippen LogP contribution is 2.23. The zero-order chi connectivity index (χ0) is 12.8. The lowest BCUT2D eigenvalue weighted by atomic mass is 10.4. The largest absolute Gasteiger partial charge is 0.368 e. The van der Waals surface area contributed by atoms with Crippen LogP contribution >= 0.6 is 11.8 Å². The third kappa shape index (κ3) is 4.03. The van der Waals surface area contributed by atoms with Crippen LogP contribution in [0, 0.1) is 0 Å². The number of anilines is 2. The molecule has 1 atom stereocenters. The maximum atomic E-state index is 5.72. The van der Waals surface area contributed by atoms with Crippen LogP contribution in [-0.2, 0) is 0 Å². The van der Waals surface area contributed by atoms with E-state index in [1.54, 1.807) is 11.8 Å². The van der Waals surface area contributed by atoms with Crippen molar-refractivity contribution < 1.29 is 0 Å². The number of rotatable bonds is 6. The second kappa shape index (κ2) is 6.64. The highest BCUT2D eigenvalue weighted by molar-refractivity contribution is 7.99. The van der Waals surface area contributed by atoms with Crippen LogP contribution in [0.4, 0.5) is 11.9 Å². The maximum absolute atomic E-state index is 5.72. The van der Waals surface area contributed by atoms with Gasteiger partial charge in [0.1, 0.15) is 0 Å². The molecular weight excluding hydrogens is 234 g/mol. The van der Waals surface area contributed by atoms with Crippen LogP contribution in [0.3, 0.4) is 0 Å². The second-order valence-corrected chi connectivity index (χ2v) is 5.19. The van der Waals surface area contributed by atoms with Gasteiger partial charge in [-0.25, -0.2) is 0 Å². The summed E-state index contributed by atoms with van der Waals surface area (Å²) in [6, 6.07) is 0. The van der Waals surface area contributed by atoms with Gasteiger partial charge in [0, 0.05) is 18.3 Å². The first-order valence-electron chi connectivity index (χ1n) is 6.03. The van der Waals surface area contributed by atoms with E-state index in [4.69, 9.17) is 5.73 Å². The van der Waals surface area contributed by atoms with Crippen LogP contribution in [0.1, 0.15) is 34.1 Å². The molecule has 0 aliphatic carbocycles. The van der Waals surface area contributed by atoms with Crippen molar-refractivity contribution in [3.8, 4) is 0 Å². The summed E-state index contributed by atoms with van der Waals surface area (Å²) < 4.78 is 0. The smallest absolute Gasteiger partial charge is 0.231 e. The van der Waals surface area contributed by atoms with Crippen molar-refractivity contribution >= 4 is 23.7 Å². The van der Waals surface area contributed by atoms with Gasteiger partial charge in [-0.15, -0.1) is 0 Å². The molecule has 0 aliphatic rings. The van der Waals surface area contributed by atoms with E-state index in [1.807, 2.05) is 0 Å². The highest BCUT2D eigenvalue weighted by atomic mass is 32.2. The average Bonchev–Trinajstić information content (AvgIpc) is 2.29. The molecule has 0 bridgehead atoms. The number of hydrogen-bond acceptors (Lipinski definition) is 6. The van der Waals surface area contributed by atoms with E-state index < -0.39 is 0 Å². The van der Waals surface area contributed by atoms with Crippen LogP contribution in [0.2, 0.25) is 0 Å². The molecule has 5 nitrogen and oxygen atoms in total. The first-order valence-corrected chi connectivity index (χ1v) is 6.91. The number of hydrogen-bond donors (Lipinski definition) is 1. The molecule has 96 valence electrons. The zero-order valence-electron chi connectivity index (χ0n) is 11.0. The lowest BCUT2D eigenvalue weighted by Gasteiger charge is -2.19. The molecule has 0 amide bonds. The van der Waals surface area contributed by atoms with Gasteiger partial charge in [0.25, 0.3) is 0 Å². The predicted molar refractivity (Wildman–Crippen MR) is 73.4 cm³/mol. The van der Waals surface area contributed by atoms with Gasteiger partial charge in [0.2, 0.25) is 11.9 Å². The van der Waals surface area contributed by atoms with Gasteiger partial charge in [-0.05, 0) is 20.3 Å². The Morgan fingerprint density at radius 1 is 1.18 bits per heavy atom. The monoisotopic (exact) mass is 255 g/mol. The Morgan fingerprint density at radius 3 is 2.35 bits per heavy atom. The normalized spacial score (nSPS) is 12.5. The van der Waals surface area contributed by atoms with Gasteiger partial charge in [-0.1, -0.05) is 25.6 Å². The number of nitrogen functional groups attached to an aromatic ring is 1. The van der Waals surface area contributed by atoms with Crippen molar-refractivity contribution in [1.82, 2.24) is 15.0 Å². The van der Waals surface area contributed by atoms with Crippen molar-refractivity contribution in [2.75, 3.05) is 23.7 Å². The molecule has 17 heavy (non-hydrogen) atoms. The molecule has 0 saturated carbocycles. The predicted octanol–water partition coefficient (Wildman–Crippen LogP) is 2.19. The fourth-order valence-corrected chi connectivity index (χ4v) is 2.13. The molecule has 1 aromatic heterocycles. The molecule has 0 aromatic carbocycles. The van der Waals surface area contributed by atoms with Crippen molar-refractivity contribution in [2.24, 2.45) is 0 Å². The molecule has 0 saturated heterocycles. The molecule has 1 heterocycles. The number of aromatic nitrogens is 3. The molecular formula is C11H21N5S. The highest BCUT2D eigenvalue weighted by Gasteiger charge is 2.11. The molecule has 0 spiro atoms. The van der Waals surface area contributed by atoms with Crippen LogP contribution in [0.25, 0.3) is 0 Å². The summed E-state index contributed by atoms with van der Waals surface area (Å²) in [5.41, 5.74) is 5.72. The quantitative estimate of drug-likeness (QED) is 0.786. The van der Waals surface area contributed by atoms with E-state index in [1.165, 1.54) is 0 Å². The van der Waals surface area contributed by atoms with Gasteiger partial charge in [0.15, 0.2) is 5.16 Å². The minimum Gasteiger partial charge on any atom is -0.368 e. The van der Waals surface area contributed by atoms with Crippen molar-refractivity contribution in [3.05, 3.63) is 0 Å². The van der Waals surface area contributed by atoms with Gasteiger partial charge in [-0.3, -0.25) is 0 Å². The average molecular weight is 255 g/mol. The van der Waals surface area contributed by atoms with E-state index in [0.717, 1.165) is 19.5 Å². The van der Waals surface area contributed by atoms with Crippen LogP contribution < -0.4 is 10.6 Å². The summed E-state index contributed by atoms with van der Waals surface area (Å²) in [7, 11) is 0. The molecule has 1 aromatic rings. The van der Waals surface area contributed by atoms with Crippen molar-refractivity contribution in [2.45, 2.75) is 44.5 Å². The number of thioether (sulfide) groups is 1. The van der Waals surface area contributed by atoms with E-state index in [2.05, 4.69) is 47.5 Å². The standard InChI is InChI=1S/C11H21N5S/c1-5-8(4)17-11-14-9(12)13-10(15-11)16(6-2)7-3/h8H,5-7H2,1-4H3,(H2,12,13,14,15). The Hall–Kier alpha value is -1.04. The Balaban J connectivity index is 2.93. The Kier molecular flexibility index (Phi) is 5.47. The second-order valence-electron chi connectivity index (χ2n) is 3.79. The van der Waals surface area contributed by atoms with Crippen LogP contribution in [0.5, 0.6) is 0 Å². The van der Waals surface area contributed by atoms with Gasteiger partial charge in [-0.2, -0.15) is 15.0 Å². The van der Waals surface area contributed by atoms with Crippen molar-refractivity contribution in [3.63, 3.8) is 0 Å². The Bertz CT molecular complexity index is 354. The van der Waals surface area contributed by atoms with Crippen LogP contribution in [0.15, 0.2) is 5.16 Å². The lowest BCUT2D eigenvalue weighted by molar-refractivity contribution is 0.783. The molecule has 0 aliphatic heterocycles. The number of nitrogens with zero attached hydrogens (tertiary/aromatic N) is 4. The summed E-state index contributed by atoms with van der Waals surface area (Å²) in [6.07, 6.45) is 1.08. The van der Waals surface area contributed by atoms with E-state index in [0.29, 0.717) is 22.3 Å². The first-order chi connectivity index (χ1) is 8.10. The Labute approximate surface area is 107 Å². The molecule has 1 rings (SSSR count). The fourth-order valence-electron chi connectivity index (χ4n) is 1.32. The fraction of sp³-hybridized carbons (Fsp3) is 0.727. The van der Waals surface area contributed by atoms with Gasteiger partial charge < -0.3 is 10.6 Å². The van der Waals surface area contributed by atoms with Crippen LogP contribution in [-0.4, -0.2) is 33.3 Å². The zero-order valence-corrected chi connectivity index (χ0v) is 11.8. The third-order valence-electron chi connectivity index (χ3n) is 2.55. The Morgan fingerprint density at radius 2 is 1.82 bits per heavy atom. The molecule has 0 fully saturated rings. The number of nitrogens with two attached hydrogens (primary N) is 1. The first kappa shape index (κ1) is 14.0. The van der Waals surface area contributed by atoms with E-state index >= 15 is 0 Å². The van der Waals surface area contributed by atoms with Gasteiger partial charge >= 0.3 is 0 Å². The molecule has 0 radical (unpaired) electrons. The van der Waals surface area contributed by atoms with E-state index in [9.17, 15) is 0 Å². The topological polar surface area (TPSA) is 67.9 Å². The lowest BCUT2D eigenvalue weighted by Crippen LogP contribution is -2.25. The third-order valence-corrected chi connectivity index (χ3v) is 3.68. The summed E-state index contributed by atoms with van der Waals surface area (Å²) in [5, 5.41) is 1.20. The summed E-state index contributed by atoms with van der Waals surface area (Å²) in [4.78, 5) is 14.9. The minimum atomic E-state index is 0.299. The summed E-state index contributed by atoms with van der Waals surface area (Å²) in [5.74, 6) is 0.973. The molecule has 2 N–H and O–H groups in total. The SMILES string of the molecule is CCC(C)Sc1nc(N)nc(N(CC)CC)n1. The minimum absolute atomic E-state index is 0.299. The molecule has 6 heteroatoms. The maximum Gasteiger partial charge on any atom is 0.231 e.